The second-order valence-corrected chi connectivity index (χ2v) is 11.5. The van der Waals surface area contributed by atoms with E-state index in [1.807, 2.05) is 18.2 Å². The van der Waals surface area contributed by atoms with Crippen molar-refractivity contribution in [2.24, 2.45) is 11.3 Å². The maximum Gasteiger partial charge on any atom is 0.326 e. The van der Waals surface area contributed by atoms with Gasteiger partial charge in [0.1, 0.15) is 11.6 Å². The number of carbonyl (C=O) groups is 3. The van der Waals surface area contributed by atoms with E-state index >= 15 is 0 Å². The van der Waals surface area contributed by atoms with E-state index in [1.165, 1.54) is 16.7 Å². The Hall–Kier alpha value is -3.15. The van der Waals surface area contributed by atoms with Gasteiger partial charge in [0, 0.05) is 5.92 Å². The number of carboxylic acids is 1. The summed E-state index contributed by atoms with van der Waals surface area (Å²) in [6.07, 6.45) is 1.78. The second-order valence-electron chi connectivity index (χ2n) is 11.5. The van der Waals surface area contributed by atoms with Crippen LogP contribution in [0.5, 0.6) is 0 Å². The van der Waals surface area contributed by atoms with Crippen LogP contribution in [0.1, 0.15) is 71.9 Å². The van der Waals surface area contributed by atoms with E-state index in [2.05, 4.69) is 42.6 Å². The van der Waals surface area contributed by atoms with Gasteiger partial charge in [-0.3, -0.25) is 9.59 Å². The topological polar surface area (TPSA) is 92.7 Å². The zero-order valence-electron chi connectivity index (χ0n) is 22.7. The molecule has 0 aliphatic carbocycles. The Morgan fingerprint density at radius 3 is 2.14 bits per heavy atom. The van der Waals surface area contributed by atoms with Crippen molar-refractivity contribution in [2.75, 3.05) is 0 Å². The zero-order chi connectivity index (χ0) is 27.1. The lowest BCUT2D eigenvalue weighted by Crippen LogP contribution is -2.51. The highest BCUT2D eigenvalue weighted by Crippen LogP contribution is 2.26. The third kappa shape index (κ3) is 9.14. The SMILES string of the molecule is Cc1cc(CCCC(CC(=O)OC(C)(C)C)C(=O)NC(C(=O)O)C(C)(C)C)ccc1-c1ccccc1. The summed E-state index contributed by atoms with van der Waals surface area (Å²) in [6.45, 7) is 12.7. The third-order valence-corrected chi connectivity index (χ3v) is 6.00. The second kappa shape index (κ2) is 12.2. The quantitative estimate of drug-likeness (QED) is 0.398. The van der Waals surface area contributed by atoms with E-state index in [9.17, 15) is 19.5 Å². The number of hydrogen-bond acceptors (Lipinski definition) is 4. The van der Waals surface area contributed by atoms with Crippen LogP contribution in [0.4, 0.5) is 0 Å². The van der Waals surface area contributed by atoms with Crippen LogP contribution in [0.2, 0.25) is 0 Å². The molecule has 6 heteroatoms. The van der Waals surface area contributed by atoms with Gasteiger partial charge < -0.3 is 15.2 Å². The first-order valence-electron chi connectivity index (χ1n) is 12.6. The van der Waals surface area contributed by atoms with Gasteiger partial charge in [-0.15, -0.1) is 0 Å². The van der Waals surface area contributed by atoms with E-state index in [1.54, 1.807) is 41.5 Å². The fourth-order valence-corrected chi connectivity index (χ4v) is 4.19. The monoisotopic (exact) mass is 495 g/mol. The minimum Gasteiger partial charge on any atom is -0.480 e. The molecule has 2 rings (SSSR count). The van der Waals surface area contributed by atoms with Crippen LogP contribution in [0.25, 0.3) is 11.1 Å². The fraction of sp³-hybridized carbons (Fsp3) is 0.500. The Balaban J connectivity index is 2.11. The standard InChI is InChI=1S/C30H41NO5/c1-20-18-21(16-17-24(20)22-13-9-8-10-14-22)12-11-15-23(19-25(32)36-30(5,6)7)27(33)31-26(28(34)35)29(2,3)4/h8-10,13-14,16-18,23,26H,11-12,15,19H2,1-7H3,(H,31,33)(H,34,35). The van der Waals surface area contributed by atoms with Crippen molar-refractivity contribution in [1.82, 2.24) is 5.32 Å². The van der Waals surface area contributed by atoms with Gasteiger partial charge in [0.2, 0.25) is 5.91 Å². The summed E-state index contributed by atoms with van der Waals surface area (Å²) in [7, 11) is 0. The molecular formula is C30H41NO5. The molecule has 0 saturated carbocycles. The van der Waals surface area contributed by atoms with Gasteiger partial charge in [-0.25, -0.2) is 4.79 Å². The van der Waals surface area contributed by atoms with Gasteiger partial charge in [0.15, 0.2) is 0 Å². The summed E-state index contributed by atoms with van der Waals surface area (Å²) in [5, 5.41) is 12.3. The number of carbonyl (C=O) groups excluding carboxylic acids is 2. The first kappa shape index (κ1) is 29.1. The van der Waals surface area contributed by atoms with E-state index in [4.69, 9.17) is 4.74 Å². The molecule has 2 aromatic carbocycles. The van der Waals surface area contributed by atoms with Gasteiger partial charge in [-0.05, 0) is 74.6 Å². The molecule has 1 amide bonds. The Morgan fingerprint density at radius 2 is 1.61 bits per heavy atom. The average molecular weight is 496 g/mol. The van der Waals surface area contributed by atoms with Crippen molar-refractivity contribution < 1.29 is 24.2 Å². The van der Waals surface area contributed by atoms with Crippen molar-refractivity contribution in [3.63, 3.8) is 0 Å². The molecule has 0 radical (unpaired) electrons. The first-order valence-corrected chi connectivity index (χ1v) is 12.6. The molecule has 0 aromatic heterocycles. The van der Waals surface area contributed by atoms with Crippen LogP contribution in [-0.4, -0.2) is 34.6 Å². The molecule has 0 spiro atoms. The van der Waals surface area contributed by atoms with Crippen LogP contribution in [-0.2, 0) is 25.5 Å². The average Bonchev–Trinajstić information content (AvgIpc) is 2.75. The maximum absolute atomic E-state index is 13.1. The highest BCUT2D eigenvalue weighted by Gasteiger charge is 2.35. The summed E-state index contributed by atoms with van der Waals surface area (Å²) >= 11 is 0. The smallest absolute Gasteiger partial charge is 0.326 e. The van der Waals surface area contributed by atoms with Gasteiger partial charge >= 0.3 is 11.9 Å². The lowest BCUT2D eigenvalue weighted by Gasteiger charge is -2.29. The number of aryl methyl sites for hydroxylation is 2. The summed E-state index contributed by atoms with van der Waals surface area (Å²) in [6, 6.07) is 15.5. The van der Waals surface area contributed by atoms with Gasteiger partial charge in [0.05, 0.1) is 6.42 Å². The van der Waals surface area contributed by atoms with Crippen molar-refractivity contribution in [2.45, 2.75) is 85.8 Å². The maximum atomic E-state index is 13.1. The van der Waals surface area contributed by atoms with Gasteiger partial charge in [0.25, 0.3) is 0 Å². The van der Waals surface area contributed by atoms with Crippen molar-refractivity contribution in [1.29, 1.82) is 0 Å². The minimum absolute atomic E-state index is 0.0917. The summed E-state index contributed by atoms with van der Waals surface area (Å²) in [5.41, 5.74) is 3.35. The highest BCUT2D eigenvalue weighted by molar-refractivity contribution is 5.88. The normalized spacial score (nSPS) is 13.5. The summed E-state index contributed by atoms with van der Waals surface area (Å²) in [4.78, 5) is 37.4. The number of hydrogen-bond donors (Lipinski definition) is 2. The number of esters is 1. The van der Waals surface area contributed by atoms with Crippen molar-refractivity contribution >= 4 is 17.8 Å². The third-order valence-electron chi connectivity index (χ3n) is 6.00. The van der Waals surface area contributed by atoms with Crippen molar-refractivity contribution in [3.05, 3.63) is 59.7 Å². The Bertz CT molecular complexity index is 1050. The molecule has 0 aliphatic heterocycles. The number of carboxylic acid groups (broad SMARTS) is 1. The van der Waals surface area contributed by atoms with E-state index in [0.29, 0.717) is 12.8 Å². The molecular weight excluding hydrogens is 454 g/mol. The molecule has 0 bridgehead atoms. The molecule has 2 unspecified atom stereocenters. The highest BCUT2D eigenvalue weighted by atomic mass is 16.6. The largest absolute Gasteiger partial charge is 0.480 e. The number of rotatable bonds is 10. The zero-order valence-corrected chi connectivity index (χ0v) is 22.7. The molecule has 196 valence electrons. The number of ether oxygens (including phenoxy) is 1. The molecule has 2 atom stereocenters. The van der Waals surface area contributed by atoms with Crippen LogP contribution >= 0.6 is 0 Å². The van der Waals surface area contributed by atoms with Crippen LogP contribution in [0.15, 0.2) is 48.5 Å². The molecule has 36 heavy (non-hydrogen) atoms. The number of benzene rings is 2. The van der Waals surface area contributed by atoms with Gasteiger partial charge in [-0.2, -0.15) is 0 Å². The number of nitrogens with one attached hydrogen (secondary N) is 1. The van der Waals surface area contributed by atoms with Crippen molar-refractivity contribution in [3.8, 4) is 11.1 Å². The number of amides is 1. The van der Waals surface area contributed by atoms with E-state index in [0.717, 1.165) is 12.0 Å². The molecule has 0 heterocycles. The van der Waals surface area contributed by atoms with E-state index < -0.39 is 40.8 Å². The lowest BCUT2D eigenvalue weighted by molar-refractivity contribution is -0.157. The predicted octanol–water partition coefficient (Wildman–Crippen LogP) is 5.95. The Labute approximate surface area is 215 Å². The van der Waals surface area contributed by atoms with Crippen LogP contribution < -0.4 is 5.32 Å². The molecule has 0 fully saturated rings. The lowest BCUT2D eigenvalue weighted by atomic mass is 9.86. The first-order chi connectivity index (χ1) is 16.7. The minimum atomic E-state index is -1.10. The predicted molar refractivity (Wildman–Crippen MR) is 143 cm³/mol. The number of aliphatic carboxylic acids is 1. The molecule has 6 nitrogen and oxygen atoms in total. The molecule has 2 aromatic rings. The van der Waals surface area contributed by atoms with Crippen LogP contribution in [0.3, 0.4) is 0 Å². The summed E-state index contributed by atoms with van der Waals surface area (Å²) in [5.74, 6) is -2.67. The molecule has 2 N–H and O–H groups in total. The Morgan fingerprint density at radius 1 is 0.972 bits per heavy atom. The Kier molecular flexibility index (Phi) is 9.85. The fourth-order valence-electron chi connectivity index (χ4n) is 4.19. The molecule has 0 aliphatic rings. The molecule has 0 saturated heterocycles. The van der Waals surface area contributed by atoms with Crippen LogP contribution in [0, 0.1) is 18.3 Å². The van der Waals surface area contributed by atoms with Gasteiger partial charge in [-0.1, -0.05) is 69.3 Å². The van der Waals surface area contributed by atoms with E-state index in [-0.39, 0.29) is 6.42 Å². The summed E-state index contributed by atoms with van der Waals surface area (Å²) < 4.78 is 5.44.